The molecule has 0 atom stereocenters. The van der Waals surface area contributed by atoms with Crippen LogP contribution in [0.15, 0.2) is 47.5 Å². The fourth-order valence-electron chi connectivity index (χ4n) is 2.26. The van der Waals surface area contributed by atoms with Crippen LogP contribution >= 0.6 is 11.6 Å². The maximum atomic E-state index is 11.7. The molecule has 1 amide bonds. The van der Waals surface area contributed by atoms with E-state index in [1.807, 2.05) is 0 Å². The number of hydrogen-bond acceptors (Lipinski definition) is 4. The summed E-state index contributed by atoms with van der Waals surface area (Å²) < 4.78 is 0. The molecule has 0 saturated heterocycles. The number of carbonyl (C=O) groups is 1. The molecule has 0 aliphatic carbocycles. The summed E-state index contributed by atoms with van der Waals surface area (Å²) in [4.78, 5) is 15.7. The van der Waals surface area contributed by atoms with Crippen molar-refractivity contribution in [3.63, 3.8) is 0 Å². The van der Waals surface area contributed by atoms with E-state index in [9.17, 15) is 10.0 Å². The van der Waals surface area contributed by atoms with Gasteiger partial charge in [0.2, 0.25) is 0 Å². The summed E-state index contributed by atoms with van der Waals surface area (Å²) in [5, 5.41) is 12.7. The van der Waals surface area contributed by atoms with Crippen LogP contribution in [0.25, 0.3) is 5.70 Å². The van der Waals surface area contributed by atoms with Crippen LogP contribution in [-0.4, -0.2) is 22.7 Å². The minimum Gasteiger partial charge on any atom is -0.399 e. The minimum absolute atomic E-state index is 0.216. The van der Waals surface area contributed by atoms with Gasteiger partial charge in [-0.2, -0.15) is 0 Å². The number of anilines is 1. The van der Waals surface area contributed by atoms with Gasteiger partial charge in [0, 0.05) is 21.5 Å². The average molecular weight is 302 g/mol. The number of amides is 1. The lowest BCUT2D eigenvalue weighted by Gasteiger charge is -2.18. The van der Waals surface area contributed by atoms with Gasteiger partial charge < -0.3 is 5.73 Å². The third-order valence-electron chi connectivity index (χ3n) is 3.19. The van der Waals surface area contributed by atoms with Crippen molar-refractivity contribution >= 4 is 28.9 Å². The van der Waals surface area contributed by atoms with Crippen molar-refractivity contribution in [1.29, 1.82) is 0 Å². The lowest BCUT2D eigenvalue weighted by molar-refractivity contribution is -0.125. The Hall–Kier alpha value is -2.37. The highest BCUT2D eigenvalue weighted by atomic mass is 35.5. The first-order chi connectivity index (χ1) is 10.0. The Labute approximate surface area is 125 Å². The molecule has 2 aromatic carbocycles. The Morgan fingerprint density at radius 1 is 1.19 bits per heavy atom. The van der Waals surface area contributed by atoms with Gasteiger partial charge in [-0.05, 0) is 30.3 Å². The van der Waals surface area contributed by atoms with E-state index in [2.05, 4.69) is 4.99 Å². The van der Waals surface area contributed by atoms with Crippen LogP contribution in [-0.2, 0) is 4.79 Å². The number of benzene rings is 2. The normalized spacial score (nSPS) is 14.5. The van der Waals surface area contributed by atoms with Crippen LogP contribution in [0, 0.1) is 0 Å². The van der Waals surface area contributed by atoms with E-state index < -0.39 is 5.91 Å². The molecule has 106 valence electrons. The second-order valence-corrected chi connectivity index (χ2v) is 5.13. The van der Waals surface area contributed by atoms with E-state index in [-0.39, 0.29) is 6.54 Å². The van der Waals surface area contributed by atoms with Gasteiger partial charge >= 0.3 is 0 Å². The van der Waals surface area contributed by atoms with Gasteiger partial charge in [0.1, 0.15) is 6.54 Å². The fourth-order valence-corrected chi connectivity index (χ4v) is 2.43. The molecule has 3 N–H and O–H groups in total. The van der Waals surface area contributed by atoms with Crippen LogP contribution in [0.2, 0.25) is 5.02 Å². The monoisotopic (exact) mass is 301 g/mol. The molecule has 0 unspecified atom stereocenters. The third-order valence-corrected chi connectivity index (χ3v) is 3.42. The van der Waals surface area contributed by atoms with Crippen molar-refractivity contribution in [3.05, 3.63) is 63.6 Å². The first-order valence-electron chi connectivity index (χ1n) is 6.28. The Morgan fingerprint density at radius 3 is 2.62 bits per heavy atom. The zero-order valence-electron chi connectivity index (χ0n) is 11.0. The largest absolute Gasteiger partial charge is 0.399 e. The molecule has 0 bridgehead atoms. The van der Waals surface area contributed by atoms with Crippen molar-refractivity contribution in [2.75, 3.05) is 12.3 Å². The van der Waals surface area contributed by atoms with E-state index in [1.54, 1.807) is 42.5 Å². The van der Waals surface area contributed by atoms with Gasteiger partial charge in [0.15, 0.2) is 0 Å². The highest BCUT2D eigenvalue weighted by Crippen LogP contribution is 2.17. The van der Waals surface area contributed by atoms with E-state index in [4.69, 9.17) is 17.3 Å². The van der Waals surface area contributed by atoms with Crippen molar-refractivity contribution in [2.45, 2.75) is 0 Å². The highest BCUT2D eigenvalue weighted by molar-refractivity contribution is 6.30. The zero-order chi connectivity index (χ0) is 15.0. The zero-order valence-corrected chi connectivity index (χ0v) is 11.7. The van der Waals surface area contributed by atoms with E-state index in [0.717, 1.165) is 10.6 Å². The van der Waals surface area contributed by atoms with Gasteiger partial charge in [0.25, 0.3) is 5.91 Å². The number of nitrogen functional groups attached to an aromatic ring is 1. The van der Waals surface area contributed by atoms with Crippen LogP contribution in [0.3, 0.4) is 0 Å². The summed E-state index contributed by atoms with van der Waals surface area (Å²) >= 11 is 6.03. The molecule has 1 aliphatic heterocycles. The molecule has 1 heterocycles. The standard InChI is InChI=1S/C15H12ClN3O2/c16-10-3-6-13-12(7-10)15(19(21)8-14(20)18-13)9-1-4-11(17)5-2-9/h1-7,21H,8,17H2. The molecule has 0 saturated carbocycles. The molecule has 0 aromatic heterocycles. The Bertz CT molecular complexity index is 831. The topological polar surface area (TPSA) is 78.9 Å². The van der Waals surface area contributed by atoms with E-state index >= 15 is 0 Å². The van der Waals surface area contributed by atoms with Gasteiger partial charge in [-0.25, -0.2) is 10.1 Å². The summed E-state index contributed by atoms with van der Waals surface area (Å²) in [5.74, 6) is -0.425. The van der Waals surface area contributed by atoms with Crippen LogP contribution in [0.1, 0.15) is 5.56 Å². The first kappa shape index (κ1) is 13.6. The SMILES string of the molecule is Nc1ccc(C2=c3cc(Cl)ccc3=NC(=O)CN2O)cc1. The second-order valence-electron chi connectivity index (χ2n) is 4.70. The Kier molecular flexibility index (Phi) is 3.37. The molecular weight excluding hydrogens is 290 g/mol. The van der Waals surface area contributed by atoms with Crippen molar-refractivity contribution in [3.8, 4) is 0 Å². The Morgan fingerprint density at radius 2 is 1.90 bits per heavy atom. The molecule has 1 aliphatic rings. The number of fused-ring (bicyclic) bond motifs is 1. The summed E-state index contributed by atoms with van der Waals surface area (Å²) in [5.41, 5.74) is 7.50. The molecule has 5 nitrogen and oxygen atoms in total. The van der Waals surface area contributed by atoms with Gasteiger partial charge in [-0.3, -0.25) is 10.0 Å². The van der Waals surface area contributed by atoms with Gasteiger partial charge in [-0.1, -0.05) is 23.7 Å². The predicted octanol–water partition coefficient (Wildman–Crippen LogP) is 0.930. The fraction of sp³-hybridized carbons (Fsp3) is 0.0667. The number of hydroxylamine groups is 2. The van der Waals surface area contributed by atoms with E-state index in [0.29, 0.717) is 27.0 Å². The lowest BCUT2D eigenvalue weighted by Crippen LogP contribution is -2.31. The quantitative estimate of drug-likeness (QED) is 0.768. The number of carbonyl (C=O) groups excluding carboxylic acids is 1. The molecule has 6 heteroatoms. The molecule has 3 rings (SSSR count). The predicted molar refractivity (Wildman–Crippen MR) is 79.1 cm³/mol. The maximum Gasteiger partial charge on any atom is 0.268 e. The summed E-state index contributed by atoms with van der Waals surface area (Å²) in [6.07, 6.45) is 0. The maximum absolute atomic E-state index is 11.7. The van der Waals surface area contributed by atoms with Crippen LogP contribution in [0.4, 0.5) is 5.69 Å². The molecule has 21 heavy (non-hydrogen) atoms. The first-order valence-corrected chi connectivity index (χ1v) is 6.66. The average Bonchev–Trinajstić information content (AvgIpc) is 2.55. The van der Waals surface area contributed by atoms with Crippen molar-refractivity contribution in [2.24, 2.45) is 4.99 Å². The van der Waals surface area contributed by atoms with Crippen molar-refractivity contribution < 1.29 is 10.0 Å². The van der Waals surface area contributed by atoms with Crippen molar-refractivity contribution in [1.82, 2.24) is 5.06 Å². The van der Waals surface area contributed by atoms with Gasteiger partial charge in [-0.15, -0.1) is 0 Å². The van der Waals surface area contributed by atoms with Crippen LogP contribution in [0.5, 0.6) is 0 Å². The minimum atomic E-state index is -0.425. The molecule has 2 aromatic rings. The number of hydrogen-bond donors (Lipinski definition) is 2. The summed E-state index contributed by atoms with van der Waals surface area (Å²) in [7, 11) is 0. The third kappa shape index (κ3) is 2.61. The number of nitrogens with zero attached hydrogens (tertiary/aromatic N) is 2. The summed E-state index contributed by atoms with van der Waals surface area (Å²) in [6, 6.07) is 12.0. The van der Waals surface area contributed by atoms with Gasteiger partial charge in [0.05, 0.1) is 11.1 Å². The summed E-state index contributed by atoms with van der Waals surface area (Å²) in [6.45, 7) is -0.216. The van der Waals surface area contributed by atoms with E-state index in [1.165, 1.54) is 0 Å². The smallest absolute Gasteiger partial charge is 0.268 e. The highest BCUT2D eigenvalue weighted by Gasteiger charge is 2.18. The van der Waals surface area contributed by atoms with Crippen LogP contribution < -0.4 is 16.3 Å². The number of halogens is 1. The molecule has 0 fully saturated rings. The number of nitrogens with two attached hydrogens (primary N) is 1. The number of rotatable bonds is 1. The molecule has 0 radical (unpaired) electrons. The second kappa shape index (κ2) is 5.20. The molecule has 0 spiro atoms. The molecular formula is C15H12ClN3O2. The lowest BCUT2D eigenvalue weighted by atomic mass is 10.1. The Balaban J connectivity index is 2.39.